The average molecular weight is 702 g/mol. The number of benzene rings is 1. The fraction of sp³-hybridized carbons (Fsp3) is 0.822. The largest absolute Gasteiger partial charge is 0.461 e. The maximum absolute atomic E-state index is 12.9. The summed E-state index contributed by atoms with van der Waals surface area (Å²) >= 11 is 0. The minimum atomic E-state index is -0.359. The molecule has 0 heterocycles. The highest BCUT2D eigenvalue weighted by atomic mass is 16.7. The first kappa shape index (κ1) is 46.6. The van der Waals surface area contributed by atoms with E-state index >= 15 is 0 Å². The van der Waals surface area contributed by atoms with Gasteiger partial charge >= 0.3 is 5.97 Å². The van der Waals surface area contributed by atoms with Gasteiger partial charge in [-0.15, -0.1) is 0 Å². The maximum atomic E-state index is 12.9. The highest BCUT2D eigenvalue weighted by Gasteiger charge is 2.15. The van der Waals surface area contributed by atoms with Crippen LogP contribution in [0.4, 0.5) is 0 Å². The van der Waals surface area contributed by atoms with Gasteiger partial charge < -0.3 is 19.3 Å². The van der Waals surface area contributed by atoms with Crippen molar-refractivity contribution < 1.29 is 24.1 Å². The topological polar surface area (TPSA) is 65.0 Å². The monoisotopic (exact) mass is 702 g/mol. The Morgan fingerprint density at radius 3 is 1.74 bits per heavy atom. The van der Waals surface area contributed by atoms with Crippen molar-refractivity contribution in [2.75, 3.05) is 13.2 Å². The Morgan fingerprint density at radius 1 is 0.600 bits per heavy atom. The number of aryl methyl sites for hydroxylation is 1. The van der Waals surface area contributed by atoms with Crippen LogP contribution in [-0.2, 0) is 38.6 Å². The van der Waals surface area contributed by atoms with Crippen molar-refractivity contribution in [2.45, 2.75) is 221 Å². The smallest absolute Gasteiger partial charge is 0.306 e. The van der Waals surface area contributed by atoms with E-state index in [9.17, 15) is 9.90 Å². The molecule has 1 aromatic carbocycles. The molecule has 0 spiro atoms. The molecule has 0 saturated carbocycles. The molecule has 0 fully saturated rings. The number of rotatable bonds is 37. The second-order valence-corrected chi connectivity index (χ2v) is 14.8. The Bertz CT molecular complexity index is 868. The van der Waals surface area contributed by atoms with Crippen molar-refractivity contribution in [1.29, 1.82) is 0 Å². The van der Waals surface area contributed by atoms with E-state index in [0.29, 0.717) is 19.6 Å². The van der Waals surface area contributed by atoms with Crippen molar-refractivity contribution in [2.24, 2.45) is 5.92 Å². The molecule has 1 atom stereocenters. The van der Waals surface area contributed by atoms with Crippen LogP contribution in [-0.4, -0.2) is 30.6 Å². The summed E-state index contributed by atoms with van der Waals surface area (Å²) in [4.78, 5) is 12.9. The SMILES string of the molecule is CCC[CH]CCCCC(CCCCCC)CCc1cc(CO)cc(COC(=O)CCC(OCCCCCCCC)OCCCCCCCC)c1. The molecule has 0 aliphatic rings. The van der Waals surface area contributed by atoms with Crippen LogP contribution >= 0.6 is 0 Å². The Morgan fingerprint density at radius 2 is 1.14 bits per heavy atom. The zero-order valence-corrected chi connectivity index (χ0v) is 33.5. The van der Waals surface area contributed by atoms with Crippen LogP contribution in [0.3, 0.4) is 0 Å². The maximum Gasteiger partial charge on any atom is 0.306 e. The molecule has 1 N–H and O–H groups in total. The summed E-state index contributed by atoms with van der Waals surface area (Å²) in [7, 11) is 0. The molecule has 1 rings (SSSR count). The number of ether oxygens (including phenoxy) is 3. The number of carbonyl (C=O) groups is 1. The first-order valence-electron chi connectivity index (χ1n) is 21.5. The predicted octanol–water partition coefficient (Wildman–Crippen LogP) is 13.2. The van der Waals surface area contributed by atoms with Crippen LogP contribution in [0.1, 0.15) is 211 Å². The van der Waals surface area contributed by atoms with Crippen LogP contribution in [0.25, 0.3) is 0 Å². The van der Waals surface area contributed by atoms with E-state index in [1.54, 1.807) is 0 Å². The Balaban J connectivity index is 2.62. The van der Waals surface area contributed by atoms with Crippen molar-refractivity contribution in [3.8, 4) is 0 Å². The summed E-state index contributed by atoms with van der Waals surface area (Å²) in [5, 5.41) is 10.0. The molecule has 0 aliphatic heterocycles. The van der Waals surface area contributed by atoms with Gasteiger partial charge in [-0.3, -0.25) is 4.79 Å². The fourth-order valence-corrected chi connectivity index (χ4v) is 6.77. The number of esters is 1. The van der Waals surface area contributed by atoms with E-state index in [4.69, 9.17) is 14.2 Å². The molecule has 5 nitrogen and oxygen atoms in total. The Labute approximate surface area is 310 Å². The lowest BCUT2D eigenvalue weighted by atomic mass is 9.88. The standard InChI is InChI=1S/C45H81O5/c1-5-9-13-17-20-24-28-40(27-23-16-12-8-4)29-30-41-35-42(38-46)37-43(36-41)39-50-44(47)31-32-45(48-33-25-21-18-14-10-6-2)49-34-26-22-19-15-11-7-3/h13,35-37,40,45-46H,5-12,14-34,38-39H2,1-4H3. The van der Waals surface area contributed by atoms with E-state index in [0.717, 1.165) is 36.3 Å². The molecule has 5 heteroatoms. The summed E-state index contributed by atoms with van der Waals surface area (Å²) in [5.74, 6) is 0.525. The van der Waals surface area contributed by atoms with E-state index in [1.165, 1.54) is 147 Å². The van der Waals surface area contributed by atoms with Crippen molar-refractivity contribution in [1.82, 2.24) is 0 Å². The van der Waals surface area contributed by atoms with Crippen LogP contribution in [0, 0.1) is 12.3 Å². The molecule has 1 radical (unpaired) electrons. The number of aliphatic hydroxyl groups is 1. The lowest BCUT2D eigenvalue weighted by molar-refractivity contribution is -0.160. The first-order valence-corrected chi connectivity index (χ1v) is 21.5. The average Bonchev–Trinajstić information content (AvgIpc) is 3.13. The van der Waals surface area contributed by atoms with Gasteiger partial charge in [-0.2, -0.15) is 0 Å². The molecule has 0 bridgehead atoms. The van der Waals surface area contributed by atoms with Crippen LogP contribution in [0.5, 0.6) is 0 Å². The summed E-state index contributed by atoms with van der Waals surface area (Å²) < 4.78 is 18.0. The van der Waals surface area contributed by atoms with Gasteiger partial charge in [0, 0.05) is 19.6 Å². The van der Waals surface area contributed by atoms with E-state index in [1.807, 2.05) is 6.07 Å². The lowest BCUT2D eigenvalue weighted by Gasteiger charge is -2.19. The van der Waals surface area contributed by atoms with Crippen LogP contribution in [0.15, 0.2) is 18.2 Å². The molecule has 1 aromatic rings. The summed E-state index contributed by atoms with van der Waals surface area (Å²) in [6.07, 6.45) is 34.0. The molecule has 0 aliphatic carbocycles. The first-order chi connectivity index (χ1) is 24.6. The van der Waals surface area contributed by atoms with Gasteiger partial charge in [0.15, 0.2) is 6.29 Å². The zero-order valence-electron chi connectivity index (χ0n) is 33.5. The molecule has 50 heavy (non-hydrogen) atoms. The number of unbranched alkanes of at least 4 members (excludes halogenated alkanes) is 18. The fourth-order valence-electron chi connectivity index (χ4n) is 6.77. The third-order valence-corrected chi connectivity index (χ3v) is 9.95. The minimum absolute atomic E-state index is 0.00292. The Hall–Kier alpha value is -1.43. The van der Waals surface area contributed by atoms with Gasteiger partial charge in [0.1, 0.15) is 6.61 Å². The van der Waals surface area contributed by atoms with Gasteiger partial charge in [-0.25, -0.2) is 0 Å². The highest BCUT2D eigenvalue weighted by Crippen LogP contribution is 2.25. The molecule has 1 unspecified atom stereocenters. The number of carbonyl (C=O) groups excluding carboxylic acids is 1. The predicted molar refractivity (Wildman–Crippen MR) is 212 cm³/mol. The quantitative estimate of drug-likeness (QED) is 0.0425. The van der Waals surface area contributed by atoms with Gasteiger partial charge in [0.2, 0.25) is 0 Å². The molecular formula is C45H81O5. The Kier molecular flexibility index (Phi) is 32.3. The summed E-state index contributed by atoms with van der Waals surface area (Å²) in [6, 6.07) is 6.28. The third-order valence-electron chi connectivity index (χ3n) is 9.95. The number of aliphatic hydroxyl groups excluding tert-OH is 1. The van der Waals surface area contributed by atoms with Crippen molar-refractivity contribution >= 4 is 5.97 Å². The highest BCUT2D eigenvalue weighted by molar-refractivity contribution is 5.69. The van der Waals surface area contributed by atoms with E-state index < -0.39 is 0 Å². The normalized spacial score (nSPS) is 12.2. The molecule has 0 aromatic heterocycles. The van der Waals surface area contributed by atoms with Gasteiger partial charge in [-0.1, -0.05) is 181 Å². The number of hydrogen-bond acceptors (Lipinski definition) is 5. The van der Waals surface area contributed by atoms with Crippen molar-refractivity contribution in [3.63, 3.8) is 0 Å². The summed E-state index contributed by atoms with van der Waals surface area (Å²) in [6.45, 7) is 10.6. The van der Waals surface area contributed by atoms with E-state index in [2.05, 4.69) is 46.2 Å². The van der Waals surface area contributed by atoms with E-state index in [-0.39, 0.29) is 31.9 Å². The van der Waals surface area contributed by atoms with Crippen LogP contribution < -0.4 is 0 Å². The second kappa shape index (κ2) is 34.6. The molecular weight excluding hydrogens is 620 g/mol. The number of hydrogen-bond donors (Lipinski definition) is 1. The lowest BCUT2D eigenvalue weighted by Crippen LogP contribution is -2.21. The summed E-state index contributed by atoms with van der Waals surface area (Å²) in [5.41, 5.74) is 3.09. The van der Waals surface area contributed by atoms with Gasteiger partial charge in [-0.05, 0) is 54.7 Å². The van der Waals surface area contributed by atoms with Gasteiger partial charge in [0.05, 0.1) is 13.0 Å². The van der Waals surface area contributed by atoms with Crippen LogP contribution in [0.2, 0.25) is 0 Å². The zero-order chi connectivity index (χ0) is 36.3. The second-order valence-electron chi connectivity index (χ2n) is 14.8. The minimum Gasteiger partial charge on any atom is -0.461 e. The third kappa shape index (κ3) is 27.3. The molecule has 0 amide bonds. The van der Waals surface area contributed by atoms with Gasteiger partial charge in [0.25, 0.3) is 0 Å². The van der Waals surface area contributed by atoms with Crippen molar-refractivity contribution in [3.05, 3.63) is 41.3 Å². The molecule has 291 valence electrons. The molecule has 0 saturated heterocycles.